The molecule has 364 valence electrons. The third kappa shape index (κ3) is 11.5. The molecule has 8 rings (SSSR count). The fourth-order valence-corrected chi connectivity index (χ4v) is 9.33. The maximum absolute atomic E-state index is 14.3. The minimum absolute atomic E-state index is 0.0157. The molecule has 1 unspecified atom stereocenters. The SMILES string of the molecule is COc1ccccc1-c1nccc(COc2ccc(CN(CCO)C(=O)OC(C)(C)C)cc2CC(Oc2ncnc3sc(-c4ccc(F)cc4)c(-c4ccc(C5OCCCO5)c(Cl)c4C)c23)C(=O)O)n1. The van der Waals surface area contributed by atoms with Crippen molar-refractivity contribution in [2.45, 2.75) is 71.7 Å². The number of aliphatic hydroxyl groups excluding tert-OH is 1. The van der Waals surface area contributed by atoms with E-state index in [0.717, 1.165) is 6.42 Å². The number of carbonyl (C=O) groups is 2. The van der Waals surface area contributed by atoms with Crippen LogP contribution in [0, 0.1) is 12.7 Å². The smallest absolute Gasteiger partial charge is 0.410 e. The zero-order chi connectivity index (χ0) is 49.5. The molecule has 70 heavy (non-hydrogen) atoms. The summed E-state index contributed by atoms with van der Waals surface area (Å²) in [5, 5.41) is 21.7. The van der Waals surface area contributed by atoms with Gasteiger partial charge in [0.15, 0.2) is 12.1 Å². The van der Waals surface area contributed by atoms with Crippen LogP contribution in [0.5, 0.6) is 17.4 Å². The van der Waals surface area contributed by atoms with E-state index in [4.69, 9.17) is 45.0 Å². The predicted octanol–water partition coefficient (Wildman–Crippen LogP) is 10.4. The molecular weight excluding hydrogens is 941 g/mol. The van der Waals surface area contributed by atoms with Gasteiger partial charge in [-0.05, 0) is 98.3 Å². The Morgan fingerprint density at radius 2 is 1.74 bits per heavy atom. The van der Waals surface area contributed by atoms with Crippen LogP contribution in [0.3, 0.4) is 0 Å². The van der Waals surface area contributed by atoms with Gasteiger partial charge in [-0.2, -0.15) is 0 Å². The van der Waals surface area contributed by atoms with Crippen LogP contribution in [-0.2, 0) is 38.6 Å². The summed E-state index contributed by atoms with van der Waals surface area (Å²) in [5.74, 6) is -0.393. The fourth-order valence-electron chi connectivity index (χ4n) is 7.92. The molecule has 1 atom stereocenters. The summed E-state index contributed by atoms with van der Waals surface area (Å²) in [6, 6.07) is 24.0. The van der Waals surface area contributed by atoms with E-state index in [-0.39, 0.29) is 38.6 Å². The zero-order valence-electron chi connectivity index (χ0n) is 39.1. The van der Waals surface area contributed by atoms with Crippen LogP contribution < -0.4 is 14.2 Å². The largest absolute Gasteiger partial charge is 0.496 e. The quantitative estimate of drug-likeness (QED) is 0.0878. The first kappa shape index (κ1) is 49.7. The second-order valence-corrected chi connectivity index (χ2v) is 18.7. The molecule has 7 aromatic rings. The number of nitrogens with zero attached hydrogens (tertiary/aromatic N) is 5. The van der Waals surface area contributed by atoms with Crippen LogP contribution in [0.4, 0.5) is 9.18 Å². The van der Waals surface area contributed by atoms with Crippen molar-refractivity contribution in [3.63, 3.8) is 0 Å². The molecule has 0 saturated carbocycles. The topological polar surface area (TPSA) is 185 Å². The summed E-state index contributed by atoms with van der Waals surface area (Å²) in [6.07, 6.45) is 0.603. The number of benzene rings is 4. The van der Waals surface area contributed by atoms with Gasteiger partial charge < -0.3 is 43.5 Å². The molecule has 1 aliphatic rings. The number of methoxy groups -OCH3 is 1. The second-order valence-electron chi connectivity index (χ2n) is 17.3. The van der Waals surface area contributed by atoms with Gasteiger partial charge in [-0.1, -0.05) is 60.1 Å². The van der Waals surface area contributed by atoms with E-state index < -0.39 is 35.9 Å². The first-order valence-electron chi connectivity index (χ1n) is 22.5. The van der Waals surface area contributed by atoms with Crippen molar-refractivity contribution in [2.75, 3.05) is 33.5 Å². The number of rotatable bonds is 17. The summed E-state index contributed by atoms with van der Waals surface area (Å²) >= 11 is 8.41. The molecule has 4 heterocycles. The number of hydrogen-bond donors (Lipinski definition) is 2. The number of carboxylic acids is 1. The molecule has 1 amide bonds. The number of para-hydroxylation sites is 1. The Kier molecular flexibility index (Phi) is 15.5. The lowest BCUT2D eigenvalue weighted by atomic mass is 9.94. The number of fused-ring (bicyclic) bond motifs is 1. The van der Waals surface area contributed by atoms with Crippen LogP contribution in [-0.4, -0.2) is 92.3 Å². The second kappa shape index (κ2) is 21.9. The Morgan fingerprint density at radius 3 is 2.47 bits per heavy atom. The highest BCUT2D eigenvalue weighted by Crippen LogP contribution is 2.49. The van der Waals surface area contributed by atoms with Crippen molar-refractivity contribution in [2.24, 2.45) is 0 Å². The lowest BCUT2D eigenvalue weighted by molar-refractivity contribution is -0.182. The number of ether oxygens (including phenoxy) is 6. The average molecular weight is 993 g/mol. The zero-order valence-corrected chi connectivity index (χ0v) is 40.7. The maximum Gasteiger partial charge on any atom is 0.410 e. The fraction of sp³-hybridized carbons (Fsp3) is 0.308. The highest BCUT2D eigenvalue weighted by Gasteiger charge is 2.30. The predicted molar refractivity (Wildman–Crippen MR) is 262 cm³/mol. The van der Waals surface area contributed by atoms with Gasteiger partial charge >= 0.3 is 12.1 Å². The van der Waals surface area contributed by atoms with E-state index in [2.05, 4.69) is 15.0 Å². The molecule has 3 aromatic heterocycles. The Bertz CT molecular complexity index is 3000. The summed E-state index contributed by atoms with van der Waals surface area (Å²) in [5.41, 5.74) is 4.75. The number of aliphatic hydroxyl groups is 1. The summed E-state index contributed by atoms with van der Waals surface area (Å²) in [4.78, 5) is 47.6. The van der Waals surface area contributed by atoms with E-state index in [1.807, 2.05) is 43.3 Å². The van der Waals surface area contributed by atoms with E-state index in [0.29, 0.717) is 101 Å². The van der Waals surface area contributed by atoms with Crippen molar-refractivity contribution < 1.29 is 52.6 Å². The van der Waals surface area contributed by atoms with Gasteiger partial charge in [0.25, 0.3) is 0 Å². The first-order chi connectivity index (χ1) is 33.7. The number of aliphatic carboxylic acids is 1. The maximum atomic E-state index is 14.3. The minimum Gasteiger partial charge on any atom is -0.496 e. The van der Waals surface area contributed by atoms with Crippen molar-refractivity contribution in [1.82, 2.24) is 24.8 Å². The monoisotopic (exact) mass is 991 g/mol. The highest BCUT2D eigenvalue weighted by molar-refractivity contribution is 7.22. The number of halogens is 2. The van der Waals surface area contributed by atoms with Crippen molar-refractivity contribution >= 4 is 45.2 Å². The average Bonchev–Trinajstić information content (AvgIpc) is 3.74. The van der Waals surface area contributed by atoms with Gasteiger partial charge in [-0.3, -0.25) is 0 Å². The normalized spacial score (nSPS) is 13.5. The van der Waals surface area contributed by atoms with Crippen LogP contribution in [0.25, 0.3) is 43.2 Å². The summed E-state index contributed by atoms with van der Waals surface area (Å²) < 4.78 is 50.2. The summed E-state index contributed by atoms with van der Waals surface area (Å²) in [7, 11) is 1.57. The molecule has 1 fully saturated rings. The van der Waals surface area contributed by atoms with Crippen LogP contribution in [0.1, 0.15) is 61.4 Å². The molecule has 4 aromatic carbocycles. The van der Waals surface area contributed by atoms with Crippen molar-refractivity contribution in [3.05, 3.63) is 136 Å². The molecule has 18 heteroatoms. The molecular formula is C52H51ClFN5O10S. The van der Waals surface area contributed by atoms with Crippen LogP contribution in [0.2, 0.25) is 5.02 Å². The third-order valence-corrected chi connectivity index (χ3v) is 12.9. The van der Waals surface area contributed by atoms with Crippen LogP contribution in [0.15, 0.2) is 97.5 Å². The number of carbonyl (C=O) groups excluding carboxylic acids is 1. The van der Waals surface area contributed by atoms with Gasteiger partial charge in [0, 0.05) is 41.7 Å². The standard InChI is InChI=1S/C52H51ClFN5O10S/c1-30-36(16-17-38(44(30)53)50-65-23-8-24-66-50)42-43-47(56-29-57-48(43)70-45(42)32-12-14-34(54)15-13-32)68-41(49(61)62)26-33-25-31(27-59(21-22-60)51(63)69-52(2,3)4)11-18-39(33)67-28-35-19-20-55-46(58-35)37-9-6-7-10-40(37)64-5/h6-7,9-20,25,29,41,50,60H,8,21-24,26-28H2,1-5H3,(H,61,62). The van der Waals surface area contributed by atoms with E-state index in [9.17, 15) is 24.2 Å². The van der Waals surface area contributed by atoms with E-state index >= 15 is 0 Å². The molecule has 0 aliphatic carbocycles. The molecule has 15 nitrogen and oxygen atoms in total. The Balaban J connectivity index is 1.18. The van der Waals surface area contributed by atoms with Crippen molar-refractivity contribution in [1.29, 1.82) is 0 Å². The van der Waals surface area contributed by atoms with Gasteiger partial charge in [0.1, 0.15) is 40.7 Å². The van der Waals surface area contributed by atoms with Gasteiger partial charge in [-0.15, -0.1) is 11.3 Å². The lowest BCUT2D eigenvalue weighted by Crippen LogP contribution is -2.38. The minimum atomic E-state index is -1.55. The molecule has 1 aliphatic heterocycles. The number of aromatic nitrogens is 4. The van der Waals surface area contributed by atoms with Gasteiger partial charge in [-0.25, -0.2) is 33.9 Å². The van der Waals surface area contributed by atoms with E-state index in [1.165, 1.54) is 34.7 Å². The Morgan fingerprint density at radius 1 is 0.971 bits per heavy atom. The molecule has 0 bridgehead atoms. The molecule has 0 radical (unpaired) electrons. The molecule has 2 N–H and O–H groups in total. The number of hydrogen-bond acceptors (Lipinski definition) is 14. The number of amides is 1. The highest BCUT2D eigenvalue weighted by atomic mass is 35.5. The Labute approximate surface area is 412 Å². The van der Waals surface area contributed by atoms with Gasteiger partial charge in [0.2, 0.25) is 12.0 Å². The Hall–Kier alpha value is -6.76. The molecule has 1 saturated heterocycles. The third-order valence-electron chi connectivity index (χ3n) is 11.2. The lowest BCUT2D eigenvalue weighted by Gasteiger charge is -2.27. The van der Waals surface area contributed by atoms with E-state index in [1.54, 1.807) is 70.5 Å². The van der Waals surface area contributed by atoms with Gasteiger partial charge in [0.05, 0.1) is 48.6 Å². The first-order valence-corrected chi connectivity index (χ1v) is 23.6. The van der Waals surface area contributed by atoms with Crippen LogP contribution >= 0.6 is 22.9 Å². The molecule has 0 spiro atoms. The van der Waals surface area contributed by atoms with Crippen molar-refractivity contribution in [3.8, 4) is 50.3 Å². The summed E-state index contributed by atoms with van der Waals surface area (Å²) in [6.45, 7) is 7.81. The number of thiophene rings is 1. The number of carboxylic acid groups (broad SMARTS) is 1.